The van der Waals surface area contributed by atoms with Crippen LogP contribution in [0.25, 0.3) is 0 Å². The van der Waals surface area contributed by atoms with Crippen LogP contribution in [0.15, 0.2) is 0 Å². The van der Waals surface area contributed by atoms with E-state index in [1.165, 1.54) is 0 Å². The van der Waals surface area contributed by atoms with Crippen molar-refractivity contribution in [3.63, 3.8) is 0 Å². The fraction of sp³-hybridized carbons (Fsp3) is 1.00. The first-order valence-corrected chi connectivity index (χ1v) is 4.05. The predicted molar refractivity (Wildman–Crippen MR) is 40.9 cm³/mol. The van der Waals surface area contributed by atoms with Gasteiger partial charge in [0.25, 0.3) is 0 Å². The minimum absolute atomic E-state index is 0.0417. The largest absolute Gasteiger partial charge is 0.306 e. The van der Waals surface area contributed by atoms with Gasteiger partial charge in [0.05, 0.1) is 0 Å². The highest BCUT2D eigenvalue weighted by Crippen LogP contribution is 2.34. The average molecular weight is 163 g/mol. The van der Waals surface area contributed by atoms with E-state index < -0.39 is 5.92 Å². The molecule has 0 radical (unpaired) electrons. The topological polar surface area (TPSA) is 3.24 Å². The van der Waals surface area contributed by atoms with E-state index in [9.17, 15) is 8.78 Å². The molecule has 0 aromatic heterocycles. The molecule has 11 heavy (non-hydrogen) atoms. The number of nitrogens with zero attached hydrogens (tertiary/aromatic N) is 1. The van der Waals surface area contributed by atoms with Crippen LogP contribution < -0.4 is 0 Å². The Kier molecular flexibility index (Phi) is 2.47. The summed E-state index contributed by atoms with van der Waals surface area (Å²) >= 11 is 0. The van der Waals surface area contributed by atoms with Gasteiger partial charge in [0, 0.05) is 18.9 Å². The van der Waals surface area contributed by atoms with Crippen molar-refractivity contribution in [3.8, 4) is 0 Å². The summed E-state index contributed by atoms with van der Waals surface area (Å²) in [5.41, 5.74) is 0. The smallest absolute Gasteiger partial charge is 0.249 e. The molecule has 1 unspecified atom stereocenters. The Labute approximate surface area is 66.4 Å². The quantitative estimate of drug-likeness (QED) is 0.572. The molecule has 1 aliphatic rings. The highest BCUT2D eigenvalue weighted by Gasteiger charge is 2.36. The third-order valence-electron chi connectivity index (χ3n) is 2.34. The average Bonchev–Trinajstić information content (AvgIpc) is 1.85. The fourth-order valence-corrected chi connectivity index (χ4v) is 1.59. The van der Waals surface area contributed by atoms with E-state index >= 15 is 0 Å². The Balaban J connectivity index is 2.46. The predicted octanol–water partition coefficient (Wildman–Crippen LogP) is 2.13. The molecule has 1 nitrogen and oxygen atoms in total. The summed E-state index contributed by atoms with van der Waals surface area (Å²) < 4.78 is 25.6. The molecule has 0 N–H and O–H groups in total. The second-order valence-electron chi connectivity index (χ2n) is 3.57. The number of alkyl halides is 2. The van der Waals surface area contributed by atoms with Gasteiger partial charge < -0.3 is 4.90 Å². The minimum Gasteiger partial charge on any atom is -0.306 e. The lowest BCUT2D eigenvalue weighted by molar-refractivity contribution is -0.0572. The third kappa shape index (κ3) is 2.40. The van der Waals surface area contributed by atoms with Crippen LogP contribution in [0.4, 0.5) is 8.78 Å². The van der Waals surface area contributed by atoms with Gasteiger partial charge in [0.2, 0.25) is 5.92 Å². The zero-order chi connectivity index (χ0) is 8.48. The molecule has 0 spiro atoms. The van der Waals surface area contributed by atoms with E-state index in [-0.39, 0.29) is 18.9 Å². The monoisotopic (exact) mass is 163 g/mol. The van der Waals surface area contributed by atoms with Crippen molar-refractivity contribution in [1.82, 2.24) is 4.90 Å². The molecule has 0 aromatic carbocycles. The van der Waals surface area contributed by atoms with Crippen molar-refractivity contribution in [2.24, 2.45) is 0 Å². The number of hydrogen-bond donors (Lipinski definition) is 0. The molecule has 0 saturated heterocycles. The molecular weight excluding hydrogens is 148 g/mol. The summed E-state index contributed by atoms with van der Waals surface area (Å²) in [5.74, 6) is -2.41. The SMILES string of the molecule is CN(C)C1CCCC(F)(F)C1. The van der Waals surface area contributed by atoms with Gasteiger partial charge in [0.1, 0.15) is 0 Å². The van der Waals surface area contributed by atoms with Crippen LogP contribution in [0.3, 0.4) is 0 Å². The number of halogens is 2. The molecule has 0 aromatic rings. The second-order valence-corrected chi connectivity index (χ2v) is 3.57. The van der Waals surface area contributed by atoms with E-state index in [1.807, 2.05) is 19.0 Å². The van der Waals surface area contributed by atoms with Crippen LogP contribution in [0.1, 0.15) is 25.7 Å². The molecule has 1 fully saturated rings. The van der Waals surface area contributed by atoms with Crippen molar-refractivity contribution in [2.45, 2.75) is 37.6 Å². The lowest BCUT2D eigenvalue weighted by Crippen LogP contribution is -2.38. The first kappa shape index (κ1) is 8.91. The van der Waals surface area contributed by atoms with Crippen molar-refractivity contribution in [3.05, 3.63) is 0 Å². The molecule has 1 rings (SSSR count). The highest BCUT2D eigenvalue weighted by molar-refractivity contribution is 4.82. The van der Waals surface area contributed by atoms with Crippen molar-refractivity contribution in [2.75, 3.05) is 14.1 Å². The summed E-state index contributed by atoms with van der Waals surface area (Å²) in [6.45, 7) is 0. The number of hydrogen-bond acceptors (Lipinski definition) is 1. The normalized spacial score (nSPS) is 30.8. The van der Waals surface area contributed by atoms with E-state index in [4.69, 9.17) is 0 Å². The van der Waals surface area contributed by atoms with E-state index in [1.54, 1.807) is 0 Å². The molecule has 0 heterocycles. The highest BCUT2D eigenvalue weighted by atomic mass is 19.3. The molecule has 66 valence electrons. The first-order valence-electron chi connectivity index (χ1n) is 4.05. The Morgan fingerprint density at radius 2 is 2.00 bits per heavy atom. The lowest BCUT2D eigenvalue weighted by Gasteiger charge is -2.32. The lowest BCUT2D eigenvalue weighted by atomic mass is 9.91. The van der Waals surface area contributed by atoms with Gasteiger partial charge >= 0.3 is 0 Å². The Morgan fingerprint density at radius 3 is 2.36 bits per heavy atom. The molecule has 0 bridgehead atoms. The standard InChI is InChI=1S/C8H15F2N/c1-11(2)7-4-3-5-8(9,10)6-7/h7H,3-6H2,1-2H3. The van der Waals surface area contributed by atoms with Crippen LogP contribution in [-0.4, -0.2) is 31.0 Å². The number of rotatable bonds is 1. The Bertz CT molecular complexity index is 134. The molecule has 1 saturated carbocycles. The molecule has 1 aliphatic carbocycles. The Morgan fingerprint density at radius 1 is 1.36 bits per heavy atom. The maximum absolute atomic E-state index is 12.8. The van der Waals surface area contributed by atoms with Gasteiger partial charge in [0.15, 0.2) is 0 Å². The Hall–Kier alpha value is -0.180. The molecular formula is C8H15F2N. The van der Waals surface area contributed by atoms with Gasteiger partial charge in [-0.1, -0.05) is 0 Å². The van der Waals surface area contributed by atoms with Crippen molar-refractivity contribution >= 4 is 0 Å². The zero-order valence-electron chi connectivity index (χ0n) is 7.11. The van der Waals surface area contributed by atoms with Gasteiger partial charge in [-0.05, 0) is 26.9 Å². The van der Waals surface area contributed by atoms with E-state index in [0.29, 0.717) is 6.42 Å². The molecule has 1 atom stereocenters. The summed E-state index contributed by atoms with van der Waals surface area (Å²) in [6.07, 6.45) is 1.70. The summed E-state index contributed by atoms with van der Waals surface area (Å²) in [5, 5.41) is 0. The van der Waals surface area contributed by atoms with E-state index in [2.05, 4.69) is 0 Å². The second kappa shape index (κ2) is 3.05. The summed E-state index contributed by atoms with van der Waals surface area (Å²) in [4.78, 5) is 1.90. The maximum atomic E-state index is 12.8. The van der Waals surface area contributed by atoms with Crippen LogP contribution >= 0.6 is 0 Å². The zero-order valence-corrected chi connectivity index (χ0v) is 7.11. The van der Waals surface area contributed by atoms with Gasteiger partial charge in [-0.2, -0.15) is 0 Å². The van der Waals surface area contributed by atoms with Crippen molar-refractivity contribution < 1.29 is 8.78 Å². The van der Waals surface area contributed by atoms with Crippen LogP contribution in [0, 0.1) is 0 Å². The van der Waals surface area contributed by atoms with Gasteiger partial charge in [-0.25, -0.2) is 8.78 Å². The van der Waals surface area contributed by atoms with Crippen LogP contribution in [0.5, 0.6) is 0 Å². The van der Waals surface area contributed by atoms with Gasteiger partial charge in [-0.15, -0.1) is 0 Å². The van der Waals surface area contributed by atoms with Crippen LogP contribution in [-0.2, 0) is 0 Å². The molecule has 0 amide bonds. The summed E-state index contributed by atoms with van der Waals surface area (Å²) in [7, 11) is 3.73. The van der Waals surface area contributed by atoms with Gasteiger partial charge in [-0.3, -0.25) is 0 Å². The maximum Gasteiger partial charge on any atom is 0.249 e. The first-order chi connectivity index (χ1) is 5.01. The summed E-state index contributed by atoms with van der Waals surface area (Å²) in [6, 6.07) is 0.0822. The van der Waals surface area contributed by atoms with Crippen LogP contribution in [0.2, 0.25) is 0 Å². The minimum atomic E-state index is -2.41. The molecule has 0 aliphatic heterocycles. The fourth-order valence-electron chi connectivity index (χ4n) is 1.59. The van der Waals surface area contributed by atoms with E-state index in [0.717, 1.165) is 6.42 Å². The molecule has 3 heteroatoms. The third-order valence-corrected chi connectivity index (χ3v) is 2.34. The van der Waals surface area contributed by atoms with Crippen molar-refractivity contribution in [1.29, 1.82) is 0 Å².